The summed E-state index contributed by atoms with van der Waals surface area (Å²) in [6, 6.07) is 16.0. The van der Waals surface area contributed by atoms with Gasteiger partial charge in [-0.25, -0.2) is 15.0 Å². The van der Waals surface area contributed by atoms with Gasteiger partial charge in [0.15, 0.2) is 0 Å². The topological polar surface area (TPSA) is 71.4 Å². The molecule has 0 aliphatic rings. The number of aromatic nitrogens is 5. The summed E-state index contributed by atoms with van der Waals surface area (Å²) in [4.78, 5) is 17.1. The molecule has 0 bridgehead atoms. The molecule has 0 atom stereocenters. The molecule has 0 saturated carbocycles. The minimum atomic E-state index is 0.748. The van der Waals surface area contributed by atoms with Crippen LogP contribution in [0.1, 0.15) is 0 Å². The number of benzene rings is 2. The number of imidazole rings is 1. The third-order valence-electron chi connectivity index (χ3n) is 4.50. The average Bonchev–Trinajstić information content (AvgIpc) is 3.25. The molecule has 0 aliphatic carbocycles. The highest BCUT2D eigenvalue weighted by atomic mass is 79.9. The molecule has 0 radical (unpaired) electrons. The molecule has 3 heterocycles. The molecule has 0 aliphatic heterocycles. The zero-order valence-electron chi connectivity index (χ0n) is 14.4. The first-order chi connectivity index (χ1) is 13.2. The van der Waals surface area contributed by atoms with E-state index in [2.05, 4.69) is 36.2 Å². The van der Waals surface area contributed by atoms with Gasteiger partial charge < -0.3 is 14.9 Å². The van der Waals surface area contributed by atoms with Gasteiger partial charge in [-0.1, -0.05) is 28.1 Å². The molecule has 27 heavy (non-hydrogen) atoms. The number of nitrogens with zero attached hydrogens (tertiary/aromatic N) is 4. The maximum Gasteiger partial charge on any atom is 0.145 e. The van der Waals surface area contributed by atoms with E-state index in [4.69, 9.17) is 4.98 Å². The van der Waals surface area contributed by atoms with Crippen LogP contribution in [0.25, 0.3) is 33.5 Å². The average molecular weight is 419 g/mol. The first-order valence-corrected chi connectivity index (χ1v) is 9.26. The van der Waals surface area contributed by atoms with Gasteiger partial charge in [0.2, 0.25) is 0 Å². The molecule has 2 N–H and O–H groups in total. The number of aromatic amines is 1. The largest absolute Gasteiger partial charge is 0.340 e. The molecule has 0 spiro atoms. The molecule has 0 amide bonds. The van der Waals surface area contributed by atoms with Crippen LogP contribution < -0.4 is 5.32 Å². The number of rotatable bonds is 3. The molecule has 7 heteroatoms. The summed E-state index contributed by atoms with van der Waals surface area (Å²) < 4.78 is 3.02. The van der Waals surface area contributed by atoms with Crippen LogP contribution in [0.5, 0.6) is 0 Å². The first kappa shape index (κ1) is 16.0. The van der Waals surface area contributed by atoms with E-state index in [9.17, 15) is 0 Å². The van der Waals surface area contributed by atoms with Gasteiger partial charge in [0, 0.05) is 29.0 Å². The lowest BCUT2D eigenvalue weighted by Crippen LogP contribution is -1.97. The van der Waals surface area contributed by atoms with Gasteiger partial charge in [0.05, 0.1) is 16.4 Å². The number of hydrogen-bond acceptors (Lipinski definition) is 4. The van der Waals surface area contributed by atoms with Crippen molar-refractivity contribution in [2.24, 2.45) is 7.05 Å². The maximum atomic E-state index is 4.75. The number of para-hydroxylation sites is 2. The lowest BCUT2D eigenvalue weighted by Gasteiger charge is -2.08. The quantitative estimate of drug-likeness (QED) is 0.431. The van der Waals surface area contributed by atoms with Gasteiger partial charge in [0.1, 0.15) is 23.6 Å². The summed E-state index contributed by atoms with van der Waals surface area (Å²) in [5, 5.41) is 4.34. The fourth-order valence-corrected chi connectivity index (χ4v) is 3.50. The molecule has 0 fully saturated rings. The lowest BCUT2D eigenvalue weighted by molar-refractivity contribution is 0.944. The zero-order chi connectivity index (χ0) is 18.4. The SMILES string of the molecule is Cn1cc(-c2nc3ccccc3[nH]2)c2c(Nc3ccc(Br)cc3)ncnc21. The number of aryl methyl sites for hydroxylation is 1. The Hall–Kier alpha value is -3.19. The molecular weight excluding hydrogens is 404 g/mol. The molecule has 5 aromatic rings. The summed E-state index contributed by atoms with van der Waals surface area (Å²) >= 11 is 3.46. The van der Waals surface area contributed by atoms with E-state index >= 15 is 0 Å². The predicted octanol–water partition coefficient (Wildman–Crippen LogP) is 5.02. The maximum absolute atomic E-state index is 4.75. The summed E-state index contributed by atoms with van der Waals surface area (Å²) in [5.74, 6) is 1.55. The summed E-state index contributed by atoms with van der Waals surface area (Å²) in [7, 11) is 1.98. The lowest BCUT2D eigenvalue weighted by atomic mass is 10.2. The van der Waals surface area contributed by atoms with Gasteiger partial charge >= 0.3 is 0 Å². The van der Waals surface area contributed by atoms with Crippen molar-refractivity contribution in [1.29, 1.82) is 0 Å². The van der Waals surface area contributed by atoms with Crippen LogP contribution in [0.15, 0.2) is 65.5 Å². The predicted molar refractivity (Wildman–Crippen MR) is 111 cm³/mol. The summed E-state index contributed by atoms with van der Waals surface area (Å²) in [6.07, 6.45) is 3.61. The van der Waals surface area contributed by atoms with Crippen molar-refractivity contribution in [3.8, 4) is 11.4 Å². The highest BCUT2D eigenvalue weighted by molar-refractivity contribution is 9.10. The number of hydrogen-bond donors (Lipinski definition) is 2. The number of H-pyrrole nitrogens is 1. The minimum absolute atomic E-state index is 0.748. The summed E-state index contributed by atoms with van der Waals surface area (Å²) in [6.45, 7) is 0. The van der Waals surface area contributed by atoms with Crippen molar-refractivity contribution in [3.05, 3.63) is 65.5 Å². The van der Waals surface area contributed by atoms with Crippen molar-refractivity contribution < 1.29 is 0 Å². The third-order valence-corrected chi connectivity index (χ3v) is 5.03. The second-order valence-corrected chi connectivity index (χ2v) is 7.22. The monoisotopic (exact) mass is 418 g/mol. The van der Waals surface area contributed by atoms with Crippen LogP contribution in [0.2, 0.25) is 0 Å². The second-order valence-electron chi connectivity index (χ2n) is 6.31. The van der Waals surface area contributed by atoms with Crippen molar-refractivity contribution in [2.45, 2.75) is 0 Å². The molecule has 3 aromatic heterocycles. The van der Waals surface area contributed by atoms with Gasteiger partial charge in [-0.3, -0.25) is 0 Å². The molecule has 5 rings (SSSR count). The van der Waals surface area contributed by atoms with Crippen molar-refractivity contribution >= 4 is 49.5 Å². The Balaban J connectivity index is 1.69. The molecule has 6 nitrogen and oxygen atoms in total. The Kier molecular flexibility index (Phi) is 3.68. The normalized spacial score (nSPS) is 11.3. The van der Waals surface area contributed by atoms with Gasteiger partial charge in [0.25, 0.3) is 0 Å². The van der Waals surface area contributed by atoms with Crippen molar-refractivity contribution in [1.82, 2.24) is 24.5 Å². The van der Waals surface area contributed by atoms with Gasteiger partial charge in [-0.05, 0) is 36.4 Å². The Morgan fingerprint density at radius 2 is 1.85 bits per heavy atom. The highest BCUT2D eigenvalue weighted by Crippen LogP contribution is 2.34. The number of anilines is 2. The molecular formula is C20H15BrN6. The van der Waals surface area contributed by atoms with Crippen LogP contribution in [0, 0.1) is 0 Å². The molecule has 2 aromatic carbocycles. The zero-order valence-corrected chi connectivity index (χ0v) is 16.0. The minimum Gasteiger partial charge on any atom is -0.340 e. The number of halogens is 1. The van der Waals surface area contributed by atoms with E-state index < -0.39 is 0 Å². The van der Waals surface area contributed by atoms with E-state index in [0.717, 1.165) is 49.4 Å². The third kappa shape index (κ3) is 2.76. The van der Waals surface area contributed by atoms with E-state index in [1.54, 1.807) is 6.33 Å². The fourth-order valence-electron chi connectivity index (χ4n) is 3.24. The standard InChI is InChI=1S/C20H15BrN6/c1-27-10-14(18-25-15-4-2-3-5-16(15)26-18)17-19(22-11-23-20(17)27)24-13-8-6-12(21)7-9-13/h2-11H,1H3,(H,25,26)(H,22,23,24). The van der Waals surface area contributed by atoms with E-state index in [0.29, 0.717) is 0 Å². The first-order valence-electron chi connectivity index (χ1n) is 8.47. The Morgan fingerprint density at radius 1 is 1.04 bits per heavy atom. The highest BCUT2D eigenvalue weighted by Gasteiger charge is 2.17. The number of fused-ring (bicyclic) bond motifs is 2. The van der Waals surface area contributed by atoms with E-state index in [1.807, 2.05) is 66.3 Å². The Bertz CT molecular complexity index is 1240. The molecule has 0 saturated heterocycles. The van der Waals surface area contributed by atoms with E-state index in [1.165, 1.54) is 0 Å². The molecule has 132 valence electrons. The van der Waals surface area contributed by atoms with Gasteiger partial charge in [-0.15, -0.1) is 0 Å². The summed E-state index contributed by atoms with van der Waals surface area (Å²) in [5.41, 5.74) is 4.70. The van der Waals surface area contributed by atoms with Crippen LogP contribution in [0.4, 0.5) is 11.5 Å². The van der Waals surface area contributed by atoms with Crippen LogP contribution in [-0.2, 0) is 7.05 Å². The Morgan fingerprint density at radius 3 is 2.67 bits per heavy atom. The van der Waals surface area contributed by atoms with Crippen LogP contribution >= 0.6 is 15.9 Å². The van der Waals surface area contributed by atoms with Crippen molar-refractivity contribution in [2.75, 3.05) is 5.32 Å². The van der Waals surface area contributed by atoms with Crippen molar-refractivity contribution in [3.63, 3.8) is 0 Å². The van der Waals surface area contributed by atoms with Crippen LogP contribution in [0.3, 0.4) is 0 Å². The van der Waals surface area contributed by atoms with Gasteiger partial charge in [-0.2, -0.15) is 0 Å². The van der Waals surface area contributed by atoms with E-state index in [-0.39, 0.29) is 0 Å². The fraction of sp³-hybridized carbons (Fsp3) is 0.0500. The number of nitrogens with one attached hydrogen (secondary N) is 2. The van der Waals surface area contributed by atoms with Crippen LogP contribution in [-0.4, -0.2) is 24.5 Å². The smallest absolute Gasteiger partial charge is 0.145 e. The Labute approximate surface area is 163 Å². The second kappa shape index (κ2) is 6.21. The molecule has 0 unspecified atom stereocenters.